The molecule has 0 saturated carbocycles. The van der Waals surface area contributed by atoms with Gasteiger partial charge in [-0.25, -0.2) is 4.98 Å². The van der Waals surface area contributed by atoms with Gasteiger partial charge < -0.3 is 4.74 Å². The molecule has 1 aromatic carbocycles. The Hall–Kier alpha value is -0.246. The average molecular weight is 265 g/mol. The number of aromatic nitrogens is 1. The predicted octanol–water partition coefficient (Wildman–Crippen LogP) is 2.73. The molecule has 2 nitrogen and oxygen atoms in total. The standard InChI is InChI=1S/C9H6NOS.Y/c1-2-4-8(5-3-1)11-9-10-6-7-12-9;/h1-2,4-7H;/q-1;. The molecule has 0 aliphatic heterocycles. The largest absolute Gasteiger partial charge is 0.495 e. The van der Waals surface area contributed by atoms with Gasteiger partial charge in [-0.1, -0.05) is 11.3 Å². The van der Waals surface area contributed by atoms with E-state index < -0.39 is 0 Å². The summed E-state index contributed by atoms with van der Waals surface area (Å²) in [6, 6.07) is 10.3. The second-order valence-electron chi connectivity index (χ2n) is 2.14. The Balaban J connectivity index is 0.000000845. The Morgan fingerprint density at radius 2 is 2.38 bits per heavy atom. The van der Waals surface area contributed by atoms with Crippen LogP contribution < -0.4 is 4.74 Å². The third kappa shape index (κ3) is 3.18. The Labute approximate surface area is 106 Å². The number of hydrogen-bond donors (Lipinski definition) is 0. The van der Waals surface area contributed by atoms with Crippen LogP contribution in [0.25, 0.3) is 0 Å². The summed E-state index contributed by atoms with van der Waals surface area (Å²) in [5.41, 5.74) is 0. The van der Waals surface area contributed by atoms with Crippen LogP contribution in [0.2, 0.25) is 0 Å². The topological polar surface area (TPSA) is 22.1 Å². The molecule has 0 spiro atoms. The molecule has 0 bridgehead atoms. The fraction of sp³-hybridized carbons (Fsp3) is 0. The van der Waals surface area contributed by atoms with Gasteiger partial charge in [0, 0.05) is 50.0 Å². The second-order valence-corrected chi connectivity index (χ2v) is 3.00. The molecule has 0 atom stereocenters. The van der Waals surface area contributed by atoms with Crippen LogP contribution in [0.15, 0.2) is 35.8 Å². The first-order chi connectivity index (χ1) is 5.95. The van der Waals surface area contributed by atoms with E-state index in [2.05, 4.69) is 11.1 Å². The van der Waals surface area contributed by atoms with Crippen LogP contribution in [0.5, 0.6) is 10.9 Å². The van der Waals surface area contributed by atoms with Gasteiger partial charge in [-0.05, 0) is 0 Å². The van der Waals surface area contributed by atoms with Crippen LogP contribution in [0, 0.1) is 6.07 Å². The van der Waals surface area contributed by atoms with Gasteiger partial charge in [-0.3, -0.25) is 0 Å². The molecule has 0 aliphatic carbocycles. The summed E-state index contributed by atoms with van der Waals surface area (Å²) in [4.78, 5) is 3.99. The number of rotatable bonds is 2. The maximum Gasteiger partial charge on any atom is 0.266 e. The van der Waals surface area contributed by atoms with Crippen molar-refractivity contribution in [3.05, 3.63) is 41.9 Å². The van der Waals surface area contributed by atoms with Gasteiger partial charge in [0.15, 0.2) is 0 Å². The molecule has 0 unspecified atom stereocenters. The molecule has 63 valence electrons. The Morgan fingerprint density at radius 1 is 1.46 bits per heavy atom. The zero-order chi connectivity index (χ0) is 8.23. The summed E-state index contributed by atoms with van der Waals surface area (Å²) in [7, 11) is 0. The summed E-state index contributed by atoms with van der Waals surface area (Å²) in [6.45, 7) is 0. The number of nitrogens with zero attached hydrogens (tertiary/aromatic N) is 1. The Kier molecular flexibility index (Phi) is 4.56. The number of thiazole rings is 1. The van der Waals surface area contributed by atoms with Gasteiger partial charge >= 0.3 is 0 Å². The van der Waals surface area contributed by atoms with Crippen molar-refractivity contribution >= 4 is 11.3 Å². The summed E-state index contributed by atoms with van der Waals surface area (Å²) in [5, 5.41) is 2.54. The molecule has 13 heavy (non-hydrogen) atoms. The quantitative estimate of drug-likeness (QED) is 0.779. The third-order valence-corrected chi connectivity index (χ3v) is 1.94. The predicted molar refractivity (Wildman–Crippen MR) is 47.5 cm³/mol. The van der Waals surface area contributed by atoms with Crippen molar-refractivity contribution in [3.63, 3.8) is 0 Å². The molecule has 0 amide bonds. The van der Waals surface area contributed by atoms with E-state index in [0.29, 0.717) is 5.19 Å². The van der Waals surface area contributed by atoms with E-state index in [1.54, 1.807) is 12.3 Å². The van der Waals surface area contributed by atoms with Crippen molar-refractivity contribution in [2.75, 3.05) is 0 Å². The van der Waals surface area contributed by atoms with E-state index in [1.807, 2.05) is 23.6 Å². The number of benzene rings is 1. The van der Waals surface area contributed by atoms with Crippen LogP contribution in [-0.2, 0) is 32.7 Å². The minimum absolute atomic E-state index is 0. The normalized spacial score (nSPS) is 8.92. The van der Waals surface area contributed by atoms with E-state index in [0.717, 1.165) is 5.75 Å². The Morgan fingerprint density at radius 3 is 3.00 bits per heavy atom. The SMILES string of the molecule is [Y].[c-]1cccc(Oc2nccs2)c1. The van der Waals surface area contributed by atoms with Crippen molar-refractivity contribution < 1.29 is 37.4 Å². The maximum absolute atomic E-state index is 5.39. The summed E-state index contributed by atoms with van der Waals surface area (Å²) in [6.07, 6.45) is 1.71. The first-order valence-electron chi connectivity index (χ1n) is 3.48. The molecule has 2 aromatic rings. The van der Waals surface area contributed by atoms with Crippen molar-refractivity contribution in [2.45, 2.75) is 0 Å². The first kappa shape index (κ1) is 10.8. The van der Waals surface area contributed by atoms with Crippen LogP contribution in [0.3, 0.4) is 0 Å². The number of hydrogen-bond acceptors (Lipinski definition) is 3. The molecule has 0 fully saturated rings. The molecule has 0 N–H and O–H groups in total. The smallest absolute Gasteiger partial charge is 0.266 e. The van der Waals surface area contributed by atoms with Crippen LogP contribution in [0.1, 0.15) is 0 Å². The Bertz CT molecular complexity index is 336. The molecule has 1 radical (unpaired) electrons. The first-order valence-corrected chi connectivity index (χ1v) is 4.36. The average Bonchev–Trinajstić information content (AvgIpc) is 2.59. The third-order valence-electron chi connectivity index (χ3n) is 1.29. The maximum atomic E-state index is 5.39. The molecule has 1 aromatic heterocycles. The molecular formula is C9H6NOSY-. The van der Waals surface area contributed by atoms with E-state index in [-0.39, 0.29) is 32.7 Å². The van der Waals surface area contributed by atoms with E-state index in [4.69, 9.17) is 4.74 Å². The minimum atomic E-state index is 0. The van der Waals surface area contributed by atoms with Gasteiger partial charge in [0.25, 0.3) is 5.19 Å². The fourth-order valence-corrected chi connectivity index (χ4v) is 1.31. The van der Waals surface area contributed by atoms with Gasteiger partial charge in [0.2, 0.25) is 0 Å². The van der Waals surface area contributed by atoms with Gasteiger partial charge in [-0.15, -0.1) is 12.1 Å². The van der Waals surface area contributed by atoms with Gasteiger partial charge in [0.1, 0.15) is 0 Å². The molecule has 4 heteroatoms. The molecular weight excluding hydrogens is 259 g/mol. The number of ether oxygens (including phenoxy) is 1. The summed E-state index contributed by atoms with van der Waals surface area (Å²) < 4.78 is 5.39. The summed E-state index contributed by atoms with van der Waals surface area (Å²) >= 11 is 1.47. The minimum Gasteiger partial charge on any atom is -0.495 e. The van der Waals surface area contributed by atoms with E-state index >= 15 is 0 Å². The zero-order valence-electron chi connectivity index (χ0n) is 6.81. The van der Waals surface area contributed by atoms with E-state index in [1.165, 1.54) is 11.3 Å². The zero-order valence-corrected chi connectivity index (χ0v) is 10.5. The van der Waals surface area contributed by atoms with Crippen molar-refractivity contribution in [2.24, 2.45) is 0 Å². The van der Waals surface area contributed by atoms with Crippen molar-refractivity contribution in [3.8, 4) is 10.9 Å². The second kappa shape index (κ2) is 5.48. The molecule has 1 heterocycles. The van der Waals surface area contributed by atoms with Crippen molar-refractivity contribution in [1.82, 2.24) is 4.98 Å². The van der Waals surface area contributed by atoms with Crippen LogP contribution >= 0.6 is 11.3 Å². The van der Waals surface area contributed by atoms with Crippen molar-refractivity contribution in [1.29, 1.82) is 0 Å². The van der Waals surface area contributed by atoms with Gasteiger partial charge in [-0.2, -0.15) is 18.2 Å². The van der Waals surface area contributed by atoms with Crippen LogP contribution in [-0.4, -0.2) is 4.98 Å². The molecule has 2 rings (SSSR count). The van der Waals surface area contributed by atoms with Crippen LogP contribution in [0.4, 0.5) is 0 Å². The van der Waals surface area contributed by atoms with Gasteiger partial charge in [0.05, 0.1) is 0 Å². The fourth-order valence-electron chi connectivity index (χ4n) is 0.802. The molecule has 0 saturated heterocycles. The molecule has 0 aliphatic rings. The monoisotopic (exact) mass is 265 g/mol. The summed E-state index contributed by atoms with van der Waals surface area (Å²) in [5.74, 6) is 0.771. The van der Waals surface area contributed by atoms with E-state index in [9.17, 15) is 0 Å².